The lowest BCUT2D eigenvalue weighted by Crippen LogP contribution is -2.36. The van der Waals surface area contributed by atoms with Gasteiger partial charge in [-0.05, 0) is 42.5 Å². The number of amides is 1. The van der Waals surface area contributed by atoms with Gasteiger partial charge in [0.05, 0.1) is 5.54 Å². The lowest BCUT2D eigenvalue weighted by atomic mass is 9.90. The van der Waals surface area contributed by atoms with Crippen LogP contribution in [0.25, 0.3) is 0 Å². The first-order valence-electron chi connectivity index (χ1n) is 5.33. The Labute approximate surface area is 88.1 Å². The molecule has 1 unspecified atom stereocenters. The Morgan fingerprint density at radius 1 is 1.27 bits per heavy atom. The fourth-order valence-corrected chi connectivity index (χ4v) is 2.84. The predicted octanol–water partition coefficient (Wildman–Crippen LogP) is 1.44. The highest BCUT2D eigenvalue weighted by atomic mass is 16.3. The van der Waals surface area contributed by atoms with Gasteiger partial charge in [-0.1, -0.05) is 6.07 Å². The number of phenols is 1. The lowest BCUT2D eigenvalue weighted by molar-refractivity contribution is -0.119. The maximum atomic E-state index is 11.3. The summed E-state index contributed by atoms with van der Waals surface area (Å²) in [5, 5.41) is 12.5. The van der Waals surface area contributed by atoms with Crippen LogP contribution in [-0.2, 0) is 16.8 Å². The summed E-state index contributed by atoms with van der Waals surface area (Å²) in [7, 11) is 0. The van der Waals surface area contributed by atoms with E-state index in [1.807, 2.05) is 12.1 Å². The highest BCUT2D eigenvalue weighted by molar-refractivity contribution is 5.80. The number of carbonyl (C=O) groups excluding carboxylic acids is 1. The molecule has 1 aromatic carbocycles. The zero-order valence-corrected chi connectivity index (χ0v) is 8.42. The number of fused-ring (bicyclic) bond motifs is 2. The van der Waals surface area contributed by atoms with Gasteiger partial charge in [0.25, 0.3) is 0 Å². The number of phenolic OH excluding ortho intramolecular Hbond substituents is 1. The maximum Gasteiger partial charge on any atom is 0.220 e. The zero-order valence-electron chi connectivity index (χ0n) is 8.42. The standard InChI is InChI=1S/C12H13NO2/c14-9-1-2-10-8(7-9)3-5-12(10)6-4-11(15)13-12/h1-2,7,14H,3-6H2,(H,13,15). The molecule has 1 aliphatic heterocycles. The van der Waals surface area contributed by atoms with E-state index in [1.54, 1.807) is 6.07 Å². The van der Waals surface area contributed by atoms with Crippen LogP contribution in [0.1, 0.15) is 30.4 Å². The van der Waals surface area contributed by atoms with E-state index in [4.69, 9.17) is 0 Å². The monoisotopic (exact) mass is 203 g/mol. The minimum absolute atomic E-state index is 0.125. The Bertz CT molecular complexity index is 441. The minimum atomic E-state index is -0.125. The fourth-order valence-electron chi connectivity index (χ4n) is 2.84. The third kappa shape index (κ3) is 1.16. The number of nitrogens with one attached hydrogen (secondary N) is 1. The summed E-state index contributed by atoms with van der Waals surface area (Å²) in [4.78, 5) is 11.3. The van der Waals surface area contributed by atoms with E-state index in [-0.39, 0.29) is 11.4 Å². The molecule has 1 spiro atoms. The van der Waals surface area contributed by atoms with Gasteiger partial charge in [-0.2, -0.15) is 0 Å². The summed E-state index contributed by atoms with van der Waals surface area (Å²) in [6, 6.07) is 5.47. The molecule has 2 aliphatic rings. The predicted molar refractivity (Wildman–Crippen MR) is 55.5 cm³/mol. The normalized spacial score (nSPS) is 28.1. The van der Waals surface area contributed by atoms with Crippen molar-refractivity contribution >= 4 is 5.91 Å². The molecule has 15 heavy (non-hydrogen) atoms. The molecule has 78 valence electrons. The van der Waals surface area contributed by atoms with Crippen molar-refractivity contribution in [1.29, 1.82) is 0 Å². The smallest absolute Gasteiger partial charge is 0.220 e. The lowest BCUT2D eigenvalue weighted by Gasteiger charge is -2.24. The molecule has 0 aromatic heterocycles. The van der Waals surface area contributed by atoms with Crippen LogP contribution in [0.3, 0.4) is 0 Å². The van der Waals surface area contributed by atoms with Crippen LogP contribution >= 0.6 is 0 Å². The van der Waals surface area contributed by atoms with Gasteiger partial charge in [0, 0.05) is 6.42 Å². The van der Waals surface area contributed by atoms with Crippen molar-refractivity contribution in [3.8, 4) is 5.75 Å². The van der Waals surface area contributed by atoms with Crippen molar-refractivity contribution in [2.75, 3.05) is 0 Å². The van der Waals surface area contributed by atoms with E-state index in [2.05, 4.69) is 5.32 Å². The second-order valence-corrected chi connectivity index (χ2v) is 4.47. The van der Waals surface area contributed by atoms with Gasteiger partial charge < -0.3 is 10.4 Å². The quantitative estimate of drug-likeness (QED) is 0.670. The molecule has 3 rings (SSSR count). The Balaban J connectivity index is 2.08. The third-order valence-corrected chi connectivity index (χ3v) is 3.58. The molecule has 1 aromatic rings. The number of aromatic hydroxyl groups is 1. The first-order valence-corrected chi connectivity index (χ1v) is 5.33. The van der Waals surface area contributed by atoms with Crippen molar-refractivity contribution in [3.05, 3.63) is 29.3 Å². The second-order valence-electron chi connectivity index (χ2n) is 4.47. The number of hydrogen-bond acceptors (Lipinski definition) is 2. The minimum Gasteiger partial charge on any atom is -0.508 e. The van der Waals surface area contributed by atoms with E-state index in [0.717, 1.165) is 19.3 Å². The molecular formula is C12H13NO2. The second kappa shape index (κ2) is 2.75. The van der Waals surface area contributed by atoms with Crippen LogP contribution in [0.5, 0.6) is 5.75 Å². The van der Waals surface area contributed by atoms with Gasteiger partial charge in [-0.25, -0.2) is 0 Å². The third-order valence-electron chi connectivity index (χ3n) is 3.58. The topological polar surface area (TPSA) is 49.3 Å². The van der Waals surface area contributed by atoms with Gasteiger partial charge in [0.15, 0.2) is 0 Å². The largest absolute Gasteiger partial charge is 0.508 e. The van der Waals surface area contributed by atoms with Gasteiger partial charge in [0.1, 0.15) is 5.75 Å². The van der Waals surface area contributed by atoms with Crippen LogP contribution in [0, 0.1) is 0 Å². The summed E-state index contributed by atoms with van der Waals surface area (Å²) in [5.41, 5.74) is 2.25. The average molecular weight is 203 g/mol. The molecule has 1 heterocycles. The number of benzene rings is 1. The van der Waals surface area contributed by atoms with Crippen LogP contribution in [0.15, 0.2) is 18.2 Å². The van der Waals surface area contributed by atoms with Crippen LogP contribution in [0.2, 0.25) is 0 Å². The number of aryl methyl sites for hydroxylation is 1. The van der Waals surface area contributed by atoms with E-state index in [1.165, 1.54) is 11.1 Å². The molecule has 3 nitrogen and oxygen atoms in total. The highest BCUT2D eigenvalue weighted by Gasteiger charge is 2.43. The molecule has 1 aliphatic carbocycles. The highest BCUT2D eigenvalue weighted by Crippen LogP contribution is 2.43. The Kier molecular flexibility index (Phi) is 1.61. The molecule has 0 bridgehead atoms. The zero-order chi connectivity index (χ0) is 10.5. The van der Waals surface area contributed by atoms with Gasteiger partial charge in [-0.3, -0.25) is 4.79 Å². The van der Waals surface area contributed by atoms with E-state index in [9.17, 15) is 9.90 Å². The van der Waals surface area contributed by atoms with Gasteiger partial charge in [0.2, 0.25) is 5.91 Å². The van der Waals surface area contributed by atoms with Gasteiger partial charge in [-0.15, -0.1) is 0 Å². The summed E-state index contributed by atoms with van der Waals surface area (Å²) in [6.07, 6.45) is 3.44. The maximum absolute atomic E-state index is 11.3. The Morgan fingerprint density at radius 3 is 2.80 bits per heavy atom. The summed E-state index contributed by atoms with van der Waals surface area (Å²) in [6.45, 7) is 0. The van der Waals surface area contributed by atoms with Crippen LogP contribution in [-0.4, -0.2) is 11.0 Å². The average Bonchev–Trinajstić information content (AvgIpc) is 2.73. The molecule has 1 amide bonds. The Morgan fingerprint density at radius 2 is 2.07 bits per heavy atom. The van der Waals surface area contributed by atoms with Crippen LogP contribution < -0.4 is 5.32 Å². The first kappa shape index (κ1) is 8.77. The van der Waals surface area contributed by atoms with E-state index < -0.39 is 0 Å². The molecule has 0 saturated carbocycles. The number of carbonyl (C=O) groups is 1. The SMILES string of the molecule is O=C1CCC2(CCc3cc(O)ccc32)N1. The molecule has 1 fully saturated rings. The molecule has 1 saturated heterocycles. The van der Waals surface area contributed by atoms with Crippen molar-refractivity contribution in [1.82, 2.24) is 5.32 Å². The van der Waals surface area contributed by atoms with Crippen molar-refractivity contribution in [2.24, 2.45) is 0 Å². The van der Waals surface area contributed by atoms with Crippen molar-refractivity contribution in [2.45, 2.75) is 31.2 Å². The van der Waals surface area contributed by atoms with Gasteiger partial charge >= 0.3 is 0 Å². The van der Waals surface area contributed by atoms with Crippen molar-refractivity contribution < 1.29 is 9.90 Å². The first-order chi connectivity index (χ1) is 7.20. The molecule has 1 atom stereocenters. The molecule has 2 N–H and O–H groups in total. The van der Waals surface area contributed by atoms with Crippen molar-refractivity contribution in [3.63, 3.8) is 0 Å². The summed E-state index contributed by atoms with van der Waals surface area (Å²) >= 11 is 0. The Hall–Kier alpha value is -1.51. The molecule has 0 radical (unpaired) electrons. The van der Waals surface area contributed by atoms with Crippen LogP contribution in [0.4, 0.5) is 0 Å². The molecule has 3 heteroatoms. The summed E-state index contributed by atoms with van der Waals surface area (Å²) < 4.78 is 0. The summed E-state index contributed by atoms with van der Waals surface area (Å²) in [5.74, 6) is 0.464. The molecular weight excluding hydrogens is 190 g/mol. The number of hydrogen-bond donors (Lipinski definition) is 2. The number of rotatable bonds is 0. The van der Waals surface area contributed by atoms with E-state index in [0.29, 0.717) is 12.2 Å². The fraction of sp³-hybridized carbons (Fsp3) is 0.417. The van der Waals surface area contributed by atoms with E-state index >= 15 is 0 Å².